The van der Waals surface area contributed by atoms with E-state index in [2.05, 4.69) is 20.0 Å². The average Bonchev–Trinajstić information content (AvgIpc) is 2.32. The van der Waals surface area contributed by atoms with Gasteiger partial charge in [-0.2, -0.15) is 13.2 Å². The Bertz CT molecular complexity index is 484. The molecule has 1 aromatic heterocycles. The van der Waals surface area contributed by atoms with Gasteiger partial charge in [-0.1, -0.05) is 6.07 Å². The van der Waals surface area contributed by atoms with Crippen molar-refractivity contribution in [2.45, 2.75) is 39.0 Å². The van der Waals surface area contributed by atoms with E-state index in [1.807, 2.05) is 20.8 Å². The zero-order chi connectivity index (χ0) is 16.1. The van der Waals surface area contributed by atoms with Gasteiger partial charge in [-0.3, -0.25) is 0 Å². The number of aromatic nitrogens is 1. The molecule has 1 aromatic rings. The van der Waals surface area contributed by atoms with Crippen LogP contribution in [0.3, 0.4) is 0 Å². The van der Waals surface area contributed by atoms with E-state index in [0.29, 0.717) is 11.5 Å². The molecule has 0 saturated carbocycles. The summed E-state index contributed by atoms with van der Waals surface area (Å²) in [4.78, 5) is 7.90. The van der Waals surface area contributed by atoms with E-state index >= 15 is 0 Å². The van der Waals surface area contributed by atoms with Crippen LogP contribution in [0.1, 0.15) is 26.3 Å². The number of nitrogens with one attached hydrogen (secondary N) is 1. The summed E-state index contributed by atoms with van der Waals surface area (Å²) in [7, 11) is 0. The summed E-state index contributed by atoms with van der Waals surface area (Å²) >= 11 is 0. The van der Waals surface area contributed by atoms with Crippen LogP contribution < -0.4 is 15.8 Å². The predicted octanol–water partition coefficient (Wildman–Crippen LogP) is 2.84. The highest BCUT2D eigenvalue weighted by molar-refractivity contribution is 14.0. The maximum atomic E-state index is 12.0. The van der Waals surface area contributed by atoms with Crippen molar-refractivity contribution in [2.75, 3.05) is 6.61 Å². The van der Waals surface area contributed by atoms with Gasteiger partial charge in [0, 0.05) is 17.8 Å². The summed E-state index contributed by atoms with van der Waals surface area (Å²) in [6, 6.07) is 2.95. The van der Waals surface area contributed by atoms with Gasteiger partial charge in [-0.25, -0.2) is 9.98 Å². The highest BCUT2D eigenvalue weighted by Gasteiger charge is 2.28. The number of aliphatic imine (C=N–C) groups is 1. The van der Waals surface area contributed by atoms with Crippen LogP contribution in [0.4, 0.5) is 13.2 Å². The number of rotatable bonds is 4. The third-order valence-corrected chi connectivity index (χ3v) is 2.12. The Morgan fingerprint density at radius 1 is 1.32 bits per heavy atom. The Labute approximate surface area is 144 Å². The number of pyridine rings is 1. The third kappa shape index (κ3) is 9.64. The average molecular weight is 432 g/mol. The second-order valence-electron chi connectivity index (χ2n) is 5.49. The molecule has 3 N–H and O–H groups in total. The molecule has 0 aliphatic carbocycles. The molecular formula is C13H20F3IN4O. The van der Waals surface area contributed by atoms with Crippen molar-refractivity contribution >= 4 is 29.9 Å². The molecule has 0 bridgehead atoms. The normalized spacial score (nSPS) is 12.5. The largest absolute Gasteiger partial charge is 0.468 e. The van der Waals surface area contributed by atoms with Crippen molar-refractivity contribution in [3.63, 3.8) is 0 Å². The van der Waals surface area contributed by atoms with Crippen LogP contribution in [-0.2, 0) is 6.54 Å². The van der Waals surface area contributed by atoms with Crippen LogP contribution in [0.2, 0.25) is 0 Å². The molecule has 0 radical (unpaired) electrons. The lowest BCUT2D eigenvalue weighted by Crippen LogP contribution is -2.44. The van der Waals surface area contributed by atoms with E-state index in [4.69, 9.17) is 5.73 Å². The van der Waals surface area contributed by atoms with Gasteiger partial charge >= 0.3 is 6.18 Å². The Balaban J connectivity index is 0.00000441. The van der Waals surface area contributed by atoms with Crippen LogP contribution >= 0.6 is 24.0 Å². The molecule has 0 aliphatic heterocycles. The van der Waals surface area contributed by atoms with E-state index < -0.39 is 12.8 Å². The maximum absolute atomic E-state index is 12.0. The highest BCUT2D eigenvalue weighted by atomic mass is 127. The zero-order valence-electron chi connectivity index (χ0n) is 12.6. The van der Waals surface area contributed by atoms with E-state index in [0.717, 1.165) is 0 Å². The zero-order valence-corrected chi connectivity index (χ0v) is 14.9. The molecule has 0 unspecified atom stereocenters. The van der Waals surface area contributed by atoms with Crippen molar-refractivity contribution in [3.05, 3.63) is 23.9 Å². The lowest BCUT2D eigenvalue weighted by atomic mass is 10.1. The molecular weight excluding hydrogens is 412 g/mol. The van der Waals surface area contributed by atoms with Crippen molar-refractivity contribution < 1.29 is 17.9 Å². The third-order valence-electron chi connectivity index (χ3n) is 2.12. The fraction of sp³-hybridized carbons (Fsp3) is 0.538. The smallest absolute Gasteiger partial charge is 0.422 e. The summed E-state index contributed by atoms with van der Waals surface area (Å²) in [5.41, 5.74) is 6.22. The Morgan fingerprint density at radius 2 is 1.95 bits per heavy atom. The van der Waals surface area contributed by atoms with Crippen LogP contribution in [-0.4, -0.2) is 29.3 Å². The van der Waals surface area contributed by atoms with Gasteiger partial charge in [-0.15, -0.1) is 24.0 Å². The predicted molar refractivity (Wildman–Crippen MR) is 89.4 cm³/mol. The van der Waals surface area contributed by atoms with Gasteiger partial charge in [0.25, 0.3) is 0 Å². The molecule has 0 aromatic carbocycles. The van der Waals surface area contributed by atoms with Gasteiger partial charge < -0.3 is 15.8 Å². The number of nitrogens with two attached hydrogens (primary N) is 1. The quantitative estimate of drug-likeness (QED) is 0.436. The van der Waals surface area contributed by atoms with E-state index in [-0.39, 0.29) is 41.9 Å². The minimum absolute atomic E-state index is 0. The van der Waals surface area contributed by atoms with E-state index in [9.17, 15) is 13.2 Å². The Kier molecular flexibility index (Phi) is 7.91. The van der Waals surface area contributed by atoms with Gasteiger partial charge in [0.05, 0.1) is 6.54 Å². The molecule has 22 heavy (non-hydrogen) atoms. The number of alkyl halides is 3. The molecule has 0 saturated heterocycles. The molecule has 0 amide bonds. The van der Waals surface area contributed by atoms with Gasteiger partial charge in [-0.05, 0) is 26.3 Å². The molecule has 1 rings (SSSR count). The van der Waals surface area contributed by atoms with Gasteiger partial charge in [0.1, 0.15) is 0 Å². The summed E-state index contributed by atoms with van der Waals surface area (Å²) < 4.78 is 40.4. The minimum Gasteiger partial charge on any atom is -0.468 e. The number of guanidine groups is 1. The SMILES string of the molecule is CC(C)(C)NC(N)=NCc1ccc(OCC(F)(F)F)nc1.I. The highest BCUT2D eigenvalue weighted by Crippen LogP contribution is 2.17. The summed E-state index contributed by atoms with van der Waals surface area (Å²) in [5.74, 6) is 0.209. The summed E-state index contributed by atoms with van der Waals surface area (Å²) in [6.45, 7) is 4.76. The van der Waals surface area contributed by atoms with Crippen LogP contribution in [0.15, 0.2) is 23.3 Å². The first kappa shape index (κ1) is 20.7. The van der Waals surface area contributed by atoms with E-state index in [1.54, 1.807) is 6.07 Å². The second-order valence-corrected chi connectivity index (χ2v) is 5.49. The van der Waals surface area contributed by atoms with Crippen molar-refractivity contribution in [1.29, 1.82) is 0 Å². The van der Waals surface area contributed by atoms with Gasteiger partial charge in [0.2, 0.25) is 5.88 Å². The molecule has 0 aliphatic rings. The molecule has 0 fully saturated rings. The molecule has 0 atom stereocenters. The lowest BCUT2D eigenvalue weighted by molar-refractivity contribution is -0.154. The summed E-state index contributed by atoms with van der Waals surface area (Å²) in [5, 5.41) is 3.00. The van der Waals surface area contributed by atoms with Crippen LogP contribution in [0.5, 0.6) is 5.88 Å². The number of hydrogen-bond acceptors (Lipinski definition) is 3. The van der Waals surface area contributed by atoms with Crippen molar-refractivity contribution in [1.82, 2.24) is 10.3 Å². The molecule has 126 valence electrons. The standard InChI is InChI=1S/C13H19F3N4O.HI/c1-12(2,3)20-11(17)19-7-9-4-5-10(18-6-9)21-8-13(14,15)16;/h4-6H,7-8H2,1-3H3,(H3,17,19,20);1H. The maximum Gasteiger partial charge on any atom is 0.422 e. The second kappa shape index (κ2) is 8.39. The fourth-order valence-electron chi connectivity index (χ4n) is 1.35. The Hall–Kier alpha value is -1.26. The molecule has 9 heteroatoms. The lowest BCUT2D eigenvalue weighted by Gasteiger charge is -2.20. The first-order chi connectivity index (χ1) is 9.55. The number of halogens is 4. The van der Waals surface area contributed by atoms with Gasteiger partial charge in [0.15, 0.2) is 12.6 Å². The summed E-state index contributed by atoms with van der Waals surface area (Å²) in [6.07, 6.45) is -2.97. The fourth-order valence-corrected chi connectivity index (χ4v) is 1.35. The Morgan fingerprint density at radius 3 is 2.41 bits per heavy atom. The van der Waals surface area contributed by atoms with Crippen molar-refractivity contribution in [2.24, 2.45) is 10.7 Å². The monoisotopic (exact) mass is 432 g/mol. The number of hydrogen-bond donors (Lipinski definition) is 2. The first-order valence-corrected chi connectivity index (χ1v) is 6.28. The minimum atomic E-state index is -4.38. The number of nitrogens with zero attached hydrogens (tertiary/aromatic N) is 2. The van der Waals surface area contributed by atoms with E-state index in [1.165, 1.54) is 12.3 Å². The first-order valence-electron chi connectivity index (χ1n) is 6.28. The molecule has 5 nitrogen and oxygen atoms in total. The van der Waals surface area contributed by atoms with Crippen LogP contribution in [0, 0.1) is 0 Å². The van der Waals surface area contributed by atoms with Crippen LogP contribution in [0.25, 0.3) is 0 Å². The molecule has 1 heterocycles. The van der Waals surface area contributed by atoms with Crippen molar-refractivity contribution in [3.8, 4) is 5.88 Å². The molecule has 0 spiro atoms. The topological polar surface area (TPSA) is 72.5 Å². The number of ether oxygens (including phenoxy) is 1.